The number of amides is 1. The van der Waals surface area contributed by atoms with E-state index >= 15 is 0 Å². The van der Waals surface area contributed by atoms with E-state index in [-0.39, 0.29) is 12.5 Å². The smallest absolute Gasteiger partial charge is 0.275 e. The molecule has 0 bridgehead atoms. The van der Waals surface area contributed by atoms with Gasteiger partial charge in [-0.25, -0.2) is 0 Å². The van der Waals surface area contributed by atoms with Gasteiger partial charge >= 0.3 is 0 Å². The Morgan fingerprint density at radius 2 is 2.26 bits per heavy atom. The van der Waals surface area contributed by atoms with E-state index in [4.69, 9.17) is 5.11 Å². The molecule has 0 spiro atoms. The minimum absolute atomic E-state index is 0.0545. The average Bonchev–Trinajstić information content (AvgIpc) is 3.26. The third-order valence-electron chi connectivity index (χ3n) is 4.63. The molecule has 122 valence electrons. The van der Waals surface area contributed by atoms with Crippen LogP contribution in [0.3, 0.4) is 0 Å². The van der Waals surface area contributed by atoms with E-state index in [0.29, 0.717) is 31.0 Å². The Balaban J connectivity index is 1.55. The molecule has 0 unspecified atom stereocenters. The van der Waals surface area contributed by atoms with Crippen LogP contribution in [-0.4, -0.2) is 54.1 Å². The monoisotopic (exact) mass is 317 g/mol. The zero-order valence-corrected chi connectivity index (χ0v) is 12.7. The number of fused-ring (bicyclic) bond motifs is 2. The van der Waals surface area contributed by atoms with Crippen molar-refractivity contribution in [2.45, 2.75) is 38.5 Å². The van der Waals surface area contributed by atoms with Gasteiger partial charge in [-0.2, -0.15) is 10.2 Å². The van der Waals surface area contributed by atoms with Crippen molar-refractivity contribution in [2.24, 2.45) is 0 Å². The highest BCUT2D eigenvalue weighted by molar-refractivity contribution is 5.94. The Labute approximate surface area is 132 Å². The van der Waals surface area contributed by atoms with Crippen LogP contribution in [0.15, 0.2) is 6.07 Å². The van der Waals surface area contributed by atoms with Gasteiger partial charge in [-0.05, 0) is 25.3 Å². The van der Waals surface area contributed by atoms with Crippen molar-refractivity contribution in [1.29, 1.82) is 0 Å². The molecule has 3 N–H and O–H groups in total. The molecule has 23 heavy (non-hydrogen) atoms. The van der Waals surface area contributed by atoms with E-state index in [1.807, 2.05) is 0 Å². The molecule has 0 saturated heterocycles. The zero-order valence-electron chi connectivity index (χ0n) is 12.7. The number of carbonyl (C=O) groups excluding carboxylic acids is 1. The molecule has 0 radical (unpaired) electrons. The van der Waals surface area contributed by atoms with E-state index in [1.54, 1.807) is 15.6 Å². The number of nitrogens with one attached hydrogen (secondary N) is 1. The molecule has 1 amide bonds. The quantitative estimate of drug-likeness (QED) is 0.725. The molecule has 0 fully saturated rings. The molecular formula is C15H19N5O3. The SMILES string of the molecule is O=C(c1n[nH]c2c1CCC2)N1CCn2nc([C@H](O)CO)cc2C1. The van der Waals surface area contributed by atoms with E-state index < -0.39 is 6.10 Å². The number of aliphatic hydroxyl groups excluding tert-OH is 2. The van der Waals surface area contributed by atoms with Gasteiger partial charge in [0, 0.05) is 17.8 Å². The molecule has 8 heteroatoms. The molecule has 8 nitrogen and oxygen atoms in total. The van der Waals surface area contributed by atoms with Crippen LogP contribution in [0.25, 0.3) is 0 Å². The predicted molar refractivity (Wildman–Crippen MR) is 79.6 cm³/mol. The van der Waals surface area contributed by atoms with E-state index in [0.717, 1.165) is 36.2 Å². The lowest BCUT2D eigenvalue weighted by Crippen LogP contribution is -2.38. The second kappa shape index (κ2) is 5.47. The molecule has 4 rings (SSSR count). The summed E-state index contributed by atoms with van der Waals surface area (Å²) in [5.41, 5.74) is 3.99. The van der Waals surface area contributed by atoms with E-state index in [9.17, 15) is 9.90 Å². The topological polar surface area (TPSA) is 107 Å². The fraction of sp³-hybridized carbons (Fsp3) is 0.533. The van der Waals surface area contributed by atoms with Gasteiger partial charge in [0.2, 0.25) is 0 Å². The summed E-state index contributed by atoms with van der Waals surface area (Å²) in [6, 6.07) is 1.75. The second-order valence-corrected chi connectivity index (χ2v) is 6.09. The summed E-state index contributed by atoms with van der Waals surface area (Å²) < 4.78 is 1.78. The summed E-state index contributed by atoms with van der Waals surface area (Å²) in [6.45, 7) is 1.21. The summed E-state index contributed by atoms with van der Waals surface area (Å²) in [4.78, 5) is 14.5. The van der Waals surface area contributed by atoms with Gasteiger partial charge in [-0.15, -0.1) is 0 Å². The van der Waals surface area contributed by atoms with Crippen LogP contribution in [-0.2, 0) is 25.9 Å². The Hall–Kier alpha value is -2.19. The highest BCUT2D eigenvalue weighted by atomic mass is 16.3. The maximum Gasteiger partial charge on any atom is 0.275 e. The highest BCUT2D eigenvalue weighted by Gasteiger charge is 2.29. The molecule has 2 aliphatic rings. The average molecular weight is 317 g/mol. The number of rotatable bonds is 3. The van der Waals surface area contributed by atoms with E-state index in [1.165, 1.54) is 0 Å². The van der Waals surface area contributed by atoms with Crippen LogP contribution in [0.5, 0.6) is 0 Å². The summed E-state index contributed by atoms with van der Waals surface area (Å²) in [5, 5.41) is 30.2. The molecule has 1 aliphatic heterocycles. The minimum atomic E-state index is -0.980. The van der Waals surface area contributed by atoms with Gasteiger partial charge in [0.25, 0.3) is 5.91 Å². The van der Waals surface area contributed by atoms with Crippen molar-refractivity contribution in [3.63, 3.8) is 0 Å². The number of hydrogen-bond acceptors (Lipinski definition) is 5. The molecule has 2 aromatic rings. The maximum atomic E-state index is 12.8. The van der Waals surface area contributed by atoms with Crippen molar-refractivity contribution < 1.29 is 15.0 Å². The summed E-state index contributed by atoms with van der Waals surface area (Å²) in [6.07, 6.45) is 1.96. The molecule has 1 atom stereocenters. The maximum absolute atomic E-state index is 12.8. The number of nitrogens with zero attached hydrogens (tertiary/aromatic N) is 4. The first-order chi connectivity index (χ1) is 11.2. The normalized spacial score (nSPS) is 17.9. The highest BCUT2D eigenvalue weighted by Crippen LogP contribution is 2.25. The first-order valence-electron chi connectivity index (χ1n) is 7.88. The molecule has 0 aromatic carbocycles. The summed E-state index contributed by atoms with van der Waals surface area (Å²) >= 11 is 0. The standard InChI is InChI=1S/C15H19N5O3/c21-8-13(22)12-6-9-7-19(4-5-20(9)18-12)15(23)14-10-2-1-3-11(10)16-17-14/h6,13,21-22H,1-5,7-8H2,(H,16,17)/t13-/m1/s1. The van der Waals surface area contributed by atoms with Crippen LogP contribution in [0.2, 0.25) is 0 Å². The van der Waals surface area contributed by atoms with E-state index in [2.05, 4.69) is 15.3 Å². The van der Waals surface area contributed by atoms with Crippen LogP contribution >= 0.6 is 0 Å². The molecule has 3 heterocycles. The number of H-pyrrole nitrogens is 1. The van der Waals surface area contributed by atoms with Crippen LogP contribution in [0.1, 0.15) is 45.7 Å². The lowest BCUT2D eigenvalue weighted by atomic mass is 10.1. The van der Waals surface area contributed by atoms with Gasteiger partial charge in [0.15, 0.2) is 5.69 Å². The summed E-state index contributed by atoms with van der Waals surface area (Å²) in [5.74, 6) is -0.0545. The first-order valence-corrected chi connectivity index (χ1v) is 7.88. The van der Waals surface area contributed by atoms with Crippen molar-refractivity contribution in [1.82, 2.24) is 24.9 Å². The van der Waals surface area contributed by atoms with Crippen molar-refractivity contribution in [2.75, 3.05) is 13.2 Å². The number of carbonyl (C=O) groups is 1. The fourth-order valence-corrected chi connectivity index (χ4v) is 3.36. The second-order valence-electron chi connectivity index (χ2n) is 6.09. The molecular weight excluding hydrogens is 298 g/mol. The Morgan fingerprint density at radius 3 is 3.09 bits per heavy atom. The lowest BCUT2D eigenvalue weighted by Gasteiger charge is -2.27. The van der Waals surface area contributed by atoms with Gasteiger partial charge in [0.05, 0.1) is 31.1 Å². The lowest BCUT2D eigenvalue weighted by molar-refractivity contribution is 0.0697. The van der Waals surface area contributed by atoms with Crippen molar-refractivity contribution in [3.05, 3.63) is 34.4 Å². The van der Waals surface area contributed by atoms with Crippen LogP contribution in [0.4, 0.5) is 0 Å². The predicted octanol–water partition coefficient (Wildman–Crippen LogP) is -0.223. The number of aliphatic hydroxyl groups is 2. The molecule has 1 aliphatic carbocycles. The number of aryl methyl sites for hydroxylation is 1. The molecule has 2 aromatic heterocycles. The van der Waals surface area contributed by atoms with Gasteiger partial charge < -0.3 is 15.1 Å². The first kappa shape index (κ1) is 14.4. The van der Waals surface area contributed by atoms with Gasteiger partial charge in [0.1, 0.15) is 6.10 Å². The third kappa shape index (κ3) is 2.34. The van der Waals surface area contributed by atoms with Crippen LogP contribution in [0, 0.1) is 0 Å². The zero-order chi connectivity index (χ0) is 16.0. The van der Waals surface area contributed by atoms with Gasteiger partial charge in [-0.3, -0.25) is 14.6 Å². The van der Waals surface area contributed by atoms with Gasteiger partial charge in [-0.1, -0.05) is 0 Å². The number of aromatic amines is 1. The van der Waals surface area contributed by atoms with Crippen molar-refractivity contribution in [3.8, 4) is 0 Å². The minimum Gasteiger partial charge on any atom is -0.393 e. The Kier molecular flexibility index (Phi) is 3.42. The molecule has 0 saturated carbocycles. The third-order valence-corrected chi connectivity index (χ3v) is 4.63. The largest absolute Gasteiger partial charge is 0.393 e. The van der Waals surface area contributed by atoms with Crippen LogP contribution < -0.4 is 0 Å². The number of aromatic nitrogens is 4. The van der Waals surface area contributed by atoms with Crippen molar-refractivity contribution >= 4 is 5.91 Å². The Morgan fingerprint density at radius 1 is 1.39 bits per heavy atom. The summed E-state index contributed by atoms with van der Waals surface area (Å²) in [7, 11) is 0. The fourth-order valence-electron chi connectivity index (χ4n) is 3.36. The number of hydrogen-bond donors (Lipinski definition) is 3. The Bertz CT molecular complexity index is 750.